The van der Waals surface area contributed by atoms with Crippen molar-refractivity contribution >= 4 is 6.29 Å². The second-order valence-electron chi connectivity index (χ2n) is 3.32. The molecule has 4 nitrogen and oxygen atoms in total. The standard InChI is InChI=1S/C11H10N2O2/c1-8-5-12-13(6-8)10-3-2-9(7-14)11(15)4-10/h2-7,15H,1H3. The zero-order chi connectivity index (χ0) is 10.8. The van der Waals surface area contributed by atoms with E-state index in [-0.39, 0.29) is 11.3 Å². The maximum absolute atomic E-state index is 10.5. The summed E-state index contributed by atoms with van der Waals surface area (Å²) < 4.78 is 1.64. The molecule has 4 heteroatoms. The number of aromatic nitrogens is 2. The van der Waals surface area contributed by atoms with Crippen LogP contribution in [0.4, 0.5) is 0 Å². The first-order chi connectivity index (χ1) is 7.20. The summed E-state index contributed by atoms with van der Waals surface area (Å²) in [6.45, 7) is 1.93. The number of nitrogens with zero attached hydrogens (tertiary/aromatic N) is 2. The second kappa shape index (κ2) is 3.57. The van der Waals surface area contributed by atoms with Gasteiger partial charge in [0, 0.05) is 12.3 Å². The van der Waals surface area contributed by atoms with Crippen LogP contribution in [-0.4, -0.2) is 21.2 Å². The summed E-state index contributed by atoms with van der Waals surface area (Å²) in [5.41, 5.74) is 2.04. The quantitative estimate of drug-likeness (QED) is 0.754. The number of carbonyl (C=O) groups is 1. The van der Waals surface area contributed by atoms with Gasteiger partial charge in [0.25, 0.3) is 0 Å². The van der Waals surface area contributed by atoms with Crippen LogP contribution < -0.4 is 0 Å². The molecule has 2 rings (SSSR count). The zero-order valence-electron chi connectivity index (χ0n) is 8.21. The molecule has 1 N–H and O–H groups in total. The minimum absolute atomic E-state index is 0.0318. The molecule has 0 aliphatic carbocycles. The smallest absolute Gasteiger partial charge is 0.153 e. The number of aryl methyl sites for hydroxylation is 1. The second-order valence-corrected chi connectivity index (χ2v) is 3.32. The fourth-order valence-corrected chi connectivity index (χ4v) is 1.33. The van der Waals surface area contributed by atoms with Crippen molar-refractivity contribution in [1.29, 1.82) is 0 Å². The Morgan fingerprint density at radius 3 is 2.80 bits per heavy atom. The molecule has 0 aliphatic heterocycles. The molecular formula is C11H10N2O2. The lowest BCUT2D eigenvalue weighted by atomic mass is 10.2. The van der Waals surface area contributed by atoms with Crippen LogP contribution in [0.15, 0.2) is 30.6 Å². The number of benzene rings is 1. The molecule has 0 amide bonds. The van der Waals surface area contributed by atoms with Gasteiger partial charge in [-0.05, 0) is 24.6 Å². The van der Waals surface area contributed by atoms with Crippen LogP contribution in [0.5, 0.6) is 5.75 Å². The molecule has 0 spiro atoms. The van der Waals surface area contributed by atoms with Gasteiger partial charge in [0.05, 0.1) is 17.4 Å². The predicted molar refractivity (Wildman–Crippen MR) is 55.4 cm³/mol. The van der Waals surface area contributed by atoms with Crippen molar-refractivity contribution in [3.8, 4) is 11.4 Å². The van der Waals surface area contributed by atoms with Gasteiger partial charge in [-0.1, -0.05) is 0 Å². The fraction of sp³-hybridized carbons (Fsp3) is 0.0909. The molecule has 0 bridgehead atoms. The van der Waals surface area contributed by atoms with Crippen LogP contribution in [-0.2, 0) is 0 Å². The summed E-state index contributed by atoms with van der Waals surface area (Å²) in [5, 5.41) is 13.6. The normalized spacial score (nSPS) is 10.2. The lowest BCUT2D eigenvalue weighted by molar-refractivity contribution is 0.112. The van der Waals surface area contributed by atoms with Gasteiger partial charge in [-0.3, -0.25) is 4.79 Å². The monoisotopic (exact) mass is 202 g/mol. The van der Waals surface area contributed by atoms with Gasteiger partial charge in [-0.2, -0.15) is 5.10 Å². The number of phenols is 1. The van der Waals surface area contributed by atoms with E-state index in [4.69, 9.17) is 0 Å². The van der Waals surface area contributed by atoms with Gasteiger partial charge in [-0.15, -0.1) is 0 Å². The molecule has 1 aromatic carbocycles. The highest BCUT2D eigenvalue weighted by Gasteiger charge is 2.03. The fourth-order valence-electron chi connectivity index (χ4n) is 1.33. The van der Waals surface area contributed by atoms with Crippen LogP contribution >= 0.6 is 0 Å². The average molecular weight is 202 g/mol. The maximum Gasteiger partial charge on any atom is 0.153 e. The van der Waals surface area contributed by atoms with Crippen molar-refractivity contribution in [2.75, 3.05) is 0 Å². The number of rotatable bonds is 2. The molecule has 0 aliphatic rings. The summed E-state index contributed by atoms with van der Waals surface area (Å²) in [5.74, 6) is -0.0318. The molecule has 76 valence electrons. The van der Waals surface area contributed by atoms with Crippen molar-refractivity contribution in [3.05, 3.63) is 41.7 Å². The average Bonchev–Trinajstić information content (AvgIpc) is 2.65. The molecular weight excluding hydrogens is 192 g/mol. The van der Waals surface area contributed by atoms with Crippen molar-refractivity contribution in [2.45, 2.75) is 6.92 Å². The highest BCUT2D eigenvalue weighted by molar-refractivity contribution is 5.79. The van der Waals surface area contributed by atoms with Crippen LogP contribution in [0, 0.1) is 6.92 Å². The summed E-state index contributed by atoms with van der Waals surface area (Å²) in [4.78, 5) is 10.5. The van der Waals surface area contributed by atoms with Gasteiger partial charge in [0.2, 0.25) is 0 Å². The lowest BCUT2D eigenvalue weighted by Crippen LogP contribution is -1.94. The van der Waals surface area contributed by atoms with E-state index in [0.717, 1.165) is 11.3 Å². The summed E-state index contributed by atoms with van der Waals surface area (Å²) in [6.07, 6.45) is 4.19. The molecule has 15 heavy (non-hydrogen) atoms. The summed E-state index contributed by atoms with van der Waals surface area (Å²) in [6, 6.07) is 4.81. The first kappa shape index (κ1) is 9.45. The Labute approximate surface area is 86.8 Å². The van der Waals surface area contributed by atoms with Gasteiger partial charge < -0.3 is 5.11 Å². The molecule has 0 saturated heterocycles. The molecule has 1 aromatic heterocycles. The summed E-state index contributed by atoms with van der Waals surface area (Å²) >= 11 is 0. The largest absolute Gasteiger partial charge is 0.507 e. The minimum Gasteiger partial charge on any atom is -0.507 e. The Morgan fingerprint density at radius 1 is 1.47 bits per heavy atom. The number of carbonyl (C=O) groups excluding carboxylic acids is 1. The van der Waals surface area contributed by atoms with E-state index in [0.29, 0.717) is 6.29 Å². The van der Waals surface area contributed by atoms with Crippen LogP contribution in [0.3, 0.4) is 0 Å². The minimum atomic E-state index is -0.0318. The Balaban J connectivity index is 2.46. The third-order valence-corrected chi connectivity index (χ3v) is 2.12. The number of phenolic OH excluding ortho intramolecular Hbond substituents is 1. The molecule has 0 radical (unpaired) electrons. The lowest BCUT2D eigenvalue weighted by Gasteiger charge is -2.03. The van der Waals surface area contributed by atoms with E-state index in [1.54, 1.807) is 23.0 Å². The van der Waals surface area contributed by atoms with E-state index in [1.165, 1.54) is 6.07 Å². The van der Waals surface area contributed by atoms with Gasteiger partial charge in [0.15, 0.2) is 6.29 Å². The predicted octanol–water partition coefficient (Wildman–Crippen LogP) is 1.70. The Bertz CT molecular complexity index is 503. The van der Waals surface area contributed by atoms with Crippen molar-refractivity contribution in [2.24, 2.45) is 0 Å². The summed E-state index contributed by atoms with van der Waals surface area (Å²) in [7, 11) is 0. The van der Waals surface area contributed by atoms with E-state index < -0.39 is 0 Å². The van der Waals surface area contributed by atoms with E-state index in [2.05, 4.69) is 5.10 Å². The highest BCUT2D eigenvalue weighted by Crippen LogP contribution is 2.19. The number of hydrogen-bond donors (Lipinski definition) is 1. The van der Waals surface area contributed by atoms with Crippen molar-refractivity contribution in [3.63, 3.8) is 0 Å². The highest BCUT2D eigenvalue weighted by atomic mass is 16.3. The molecule has 0 atom stereocenters. The molecule has 1 heterocycles. The Hall–Kier alpha value is -2.10. The zero-order valence-corrected chi connectivity index (χ0v) is 8.21. The number of aromatic hydroxyl groups is 1. The van der Waals surface area contributed by atoms with E-state index in [1.807, 2.05) is 13.1 Å². The molecule has 0 saturated carbocycles. The third kappa shape index (κ3) is 1.74. The third-order valence-electron chi connectivity index (χ3n) is 2.12. The van der Waals surface area contributed by atoms with Crippen molar-refractivity contribution < 1.29 is 9.90 Å². The number of aldehydes is 1. The van der Waals surface area contributed by atoms with Crippen LogP contribution in [0.1, 0.15) is 15.9 Å². The van der Waals surface area contributed by atoms with E-state index >= 15 is 0 Å². The van der Waals surface area contributed by atoms with Crippen LogP contribution in [0.25, 0.3) is 5.69 Å². The van der Waals surface area contributed by atoms with Crippen molar-refractivity contribution in [1.82, 2.24) is 9.78 Å². The topological polar surface area (TPSA) is 55.1 Å². The first-order valence-electron chi connectivity index (χ1n) is 4.50. The Morgan fingerprint density at radius 2 is 2.27 bits per heavy atom. The SMILES string of the molecule is Cc1cnn(-c2ccc(C=O)c(O)c2)c1. The van der Waals surface area contributed by atoms with E-state index in [9.17, 15) is 9.90 Å². The van der Waals surface area contributed by atoms with Gasteiger partial charge in [-0.25, -0.2) is 4.68 Å². The van der Waals surface area contributed by atoms with Crippen LogP contribution in [0.2, 0.25) is 0 Å². The maximum atomic E-state index is 10.5. The van der Waals surface area contributed by atoms with Gasteiger partial charge in [0.1, 0.15) is 5.75 Å². The van der Waals surface area contributed by atoms with Gasteiger partial charge >= 0.3 is 0 Å². The molecule has 2 aromatic rings. The molecule has 0 fully saturated rings. The first-order valence-corrected chi connectivity index (χ1v) is 4.50. The molecule has 0 unspecified atom stereocenters. The number of hydrogen-bond acceptors (Lipinski definition) is 3. The Kier molecular flexibility index (Phi) is 2.25.